The van der Waals surface area contributed by atoms with Crippen LogP contribution >= 0.6 is 51.2 Å². The first-order valence-corrected chi connectivity index (χ1v) is 9.77. The van der Waals surface area contributed by atoms with Crippen molar-refractivity contribution < 1.29 is 9.59 Å². The fraction of sp³-hybridized carbons (Fsp3) is 0.0625. The van der Waals surface area contributed by atoms with E-state index in [9.17, 15) is 9.59 Å². The minimum Gasteiger partial charge on any atom is -0.324 e. The molecule has 1 N–H and O–H groups in total. The summed E-state index contributed by atoms with van der Waals surface area (Å²) >= 11 is 11.3. The highest BCUT2D eigenvalue weighted by atomic mass is 79.9. The zero-order valence-corrected chi connectivity index (χ0v) is 16.2. The number of carbonyl (C=O) groups excluding carboxylic acids is 2. The van der Waals surface area contributed by atoms with Crippen LogP contribution in [0, 0.1) is 0 Å². The third-order valence-electron chi connectivity index (χ3n) is 3.10. The molecule has 1 aromatic heterocycles. The minimum atomic E-state index is -0.290. The second kappa shape index (κ2) is 7.60. The number of rotatable bonds is 4. The maximum Gasteiger partial charge on any atom is 0.266 e. The van der Waals surface area contributed by atoms with Gasteiger partial charge >= 0.3 is 0 Å². The smallest absolute Gasteiger partial charge is 0.266 e. The molecule has 0 aliphatic carbocycles. The highest BCUT2D eigenvalue weighted by Crippen LogP contribution is 2.33. The summed E-state index contributed by atoms with van der Waals surface area (Å²) in [4.78, 5) is 27.5. The number of anilines is 1. The molecule has 0 saturated carbocycles. The molecule has 2 aromatic rings. The molecule has 0 radical (unpaired) electrons. The predicted octanol–water partition coefficient (Wildman–Crippen LogP) is 4.35. The molecule has 122 valence electrons. The quantitative estimate of drug-likeness (QED) is 0.569. The van der Waals surface area contributed by atoms with Crippen LogP contribution in [-0.4, -0.2) is 27.6 Å². The van der Waals surface area contributed by atoms with Gasteiger partial charge in [-0.2, -0.15) is 0 Å². The molecular weight excluding hydrogens is 428 g/mol. The number of thiophene rings is 1. The molecule has 0 unspecified atom stereocenters. The molecule has 1 aromatic carbocycles. The van der Waals surface area contributed by atoms with Crippen molar-refractivity contribution in [1.82, 2.24) is 4.90 Å². The Hall–Kier alpha value is -1.48. The van der Waals surface area contributed by atoms with Gasteiger partial charge in [-0.1, -0.05) is 52.0 Å². The lowest BCUT2D eigenvalue weighted by Gasteiger charge is -2.14. The Morgan fingerprint density at radius 1 is 1.33 bits per heavy atom. The van der Waals surface area contributed by atoms with E-state index in [0.29, 0.717) is 14.9 Å². The van der Waals surface area contributed by atoms with Gasteiger partial charge in [0.25, 0.3) is 5.91 Å². The molecule has 1 aliphatic rings. The number of thiocarbonyl (C=S) groups is 1. The first kappa shape index (κ1) is 17.3. The SMILES string of the molecule is O=C(CN1C(=O)C(=Cc2cccs2)SC1=S)Nc1cccc(Br)c1. The molecule has 1 saturated heterocycles. The number of hydrogen-bond acceptors (Lipinski definition) is 5. The van der Waals surface area contributed by atoms with Crippen molar-refractivity contribution >= 4 is 79.1 Å². The van der Waals surface area contributed by atoms with E-state index in [2.05, 4.69) is 21.2 Å². The molecule has 1 aliphatic heterocycles. The fourth-order valence-corrected chi connectivity index (χ4v) is 4.43. The number of thioether (sulfide) groups is 1. The van der Waals surface area contributed by atoms with Crippen molar-refractivity contribution in [3.63, 3.8) is 0 Å². The Morgan fingerprint density at radius 2 is 2.17 bits per heavy atom. The van der Waals surface area contributed by atoms with E-state index in [1.807, 2.05) is 29.6 Å². The predicted molar refractivity (Wildman–Crippen MR) is 107 cm³/mol. The molecule has 24 heavy (non-hydrogen) atoms. The Balaban J connectivity index is 1.67. The maximum atomic E-state index is 12.5. The zero-order valence-electron chi connectivity index (χ0n) is 12.2. The van der Waals surface area contributed by atoms with Crippen LogP contribution < -0.4 is 5.32 Å². The molecule has 0 atom stereocenters. The maximum absolute atomic E-state index is 12.5. The van der Waals surface area contributed by atoms with E-state index < -0.39 is 0 Å². The second-order valence-electron chi connectivity index (χ2n) is 4.84. The van der Waals surface area contributed by atoms with Crippen LogP contribution in [0.15, 0.2) is 51.2 Å². The van der Waals surface area contributed by atoms with Gasteiger partial charge in [0.1, 0.15) is 10.9 Å². The molecule has 0 spiro atoms. The number of halogens is 1. The lowest BCUT2D eigenvalue weighted by atomic mass is 10.3. The van der Waals surface area contributed by atoms with Gasteiger partial charge in [0.15, 0.2) is 0 Å². The number of hydrogen-bond donors (Lipinski definition) is 1. The monoisotopic (exact) mass is 438 g/mol. The van der Waals surface area contributed by atoms with Crippen molar-refractivity contribution in [3.05, 3.63) is 56.0 Å². The Bertz CT molecular complexity index is 834. The number of nitrogens with one attached hydrogen (secondary N) is 1. The van der Waals surface area contributed by atoms with Gasteiger partial charge in [-0.25, -0.2) is 0 Å². The molecule has 4 nitrogen and oxygen atoms in total. The van der Waals surface area contributed by atoms with Crippen LogP contribution in [0.1, 0.15) is 4.88 Å². The lowest BCUT2D eigenvalue weighted by molar-refractivity contribution is -0.126. The average molecular weight is 439 g/mol. The lowest BCUT2D eigenvalue weighted by Crippen LogP contribution is -2.36. The van der Waals surface area contributed by atoms with Gasteiger partial charge in [0, 0.05) is 15.0 Å². The summed E-state index contributed by atoms with van der Waals surface area (Å²) in [5.74, 6) is -0.524. The number of benzene rings is 1. The molecule has 1 fully saturated rings. The Labute approximate surface area is 161 Å². The summed E-state index contributed by atoms with van der Waals surface area (Å²) in [5.41, 5.74) is 0.661. The van der Waals surface area contributed by atoms with Crippen LogP contribution in [0.3, 0.4) is 0 Å². The van der Waals surface area contributed by atoms with Gasteiger partial charge in [0.2, 0.25) is 5.91 Å². The van der Waals surface area contributed by atoms with Crippen LogP contribution in [0.2, 0.25) is 0 Å². The van der Waals surface area contributed by atoms with Crippen LogP contribution in [0.25, 0.3) is 6.08 Å². The van der Waals surface area contributed by atoms with Crippen molar-refractivity contribution in [2.24, 2.45) is 0 Å². The summed E-state index contributed by atoms with van der Waals surface area (Å²) in [6, 6.07) is 11.1. The normalized spacial score (nSPS) is 16.0. The van der Waals surface area contributed by atoms with E-state index >= 15 is 0 Å². The van der Waals surface area contributed by atoms with E-state index in [1.54, 1.807) is 29.5 Å². The zero-order chi connectivity index (χ0) is 17.1. The fourth-order valence-electron chi connectivity index (χ4n) is 2.05. The summed E-state index contributed by atoms with van der Waals surface area (Å²) in [6.07, 6.45) is 1.80. The van der Waals surface area contributed by atoms with Crippen molar-refractivity contribution in [2.75, 3.05) is 11.9 Å². The standard InChI is InChI=1S/C16H11BrN2O2S3/c17-10-3-1-4-11(7-10)18-14(20)9-19-15(21)13(24-16(19)22)8-12-5-2-6-23-12/h1-8H,9H2,(H,18,20). The van der Waals surface area contributed by atoms with Crippen molar-refractivity contribution in [2.45, 2.75) is 0 Å². The average Bonchev–Trinajstić information content (AvgIpc) is 3.12. The molecule has 8 heteroatoms. The highest BCUT2D eigenvalue weighted by molar-refractivity contribution is 9.10. The van der Waals surface area contributed by atoms with Crippen molar-refractivity contribution in [3.8, 4) is 0 Å². The highest BCUT2D eigenvalue weighted by Gasteiger charge is 2.33. The molecule has 0 bridgehead atoms. The topological polar surface area (TPSA) is 49.4 Å². The van der Waals surface area contributed by atoms with Gasteiger partial charge in [-0.3, -0.25) is 14.5 Å². The Morgan fingerprint density at radius 3 is 2.88 bits per heavy atom. The Kier molecular flexibility index (Phi) is 5.50. The van der Waals surface area contributed by atoms with E-state index in [0.717, 1.165) is 9.35 Å². The van der Waals surface area contributed by atoms with Gasteiger partial charge in [-0.15, -0.1) is 11.3 Å². The summed E-state index contributed by atoms with van der Waals surface area (Å²) < 4.78 is 1.26. The first-order valence-electron chi connectivity index (χ1n) is 6.87. The number of carbonyl (C=O) groups is 2. The molecule has 3 rings (SSSR count). The van der Waals surface area contributed by atoms with Crippen LogP contribution in [0.5, 0.6) is 0 Å². The van der Waals surface area contributed by atoms with Crippen molar-refractivity contribution in [1.29, 1.82) is 0 Å². The summed E-state index contributed by atoms with van der Waals surface area (Å²) in [6.45, 7) is -0.0983. The summed E-state index contributed by atoms with van der Waals surface area (Å²) in [5, 5.41) is 4.70. The summed E-state index contributed by atoms with van der Waals surface area (Å²) in [7, 11) is 0. The third-order valence-corrected chi connectivity index (χ3v) is 5.79. The number of nitrogens with zero attached hydrogens (tertiary/aromatic N) is 1. The van der Waals surface area contributed by atoms with E-state index in [-0.39, 0.29) is 18.4 Å². The van der Waals surface area contributed by atoms with Gasteiger partial charge in [0.05, 0.1) is 4.91 Å². The molecule has 2 heterocycles. The van der Waals surface area contributed by atoms with Gasteiger partial charge in [-0.05, 0) is 35.7 Å². The second-order valence-corrected chi connectivity index (χ2v) is 8.41. The third kappa shape index (κ3) is 4.13. The van der Waals surface area contributed by atoms with E-state index in [1.165, 1.54) is 16.7 Å². The first-order chi connectivity index (χ1) is 11.5. The molecule has 2 amide bonds. The minimum absolute atomic E-state index is 0.0983. The largest absolute Gasteiger partial charge is 0.324 e. The van der Waals surface area contributed by atoms with E-state index in [4.69, 9.17) is 12.2 Å². The molecular formula is C16H11BrN2O2S3. The van der Waals surface area contributed by atoms with Crippen LogP contribution in [-0.2, 0) is 9.59 Å². The van der Waals surface area contributed by atoms with Gasteiger partial charge < -0.3 is 5.32 Å². The van der Waals surface area contributed by atoms with Crippen LogP contribution in [0.4, 0.5) is 5.69 Å². The number of amides is 2.